The van der Waals surface area contributed by atoms with Crippen LogP contribution >= 0.6 is 0 Å². The third-order valence-corrected chi connectivity index (χ3v) is 11.2. The molecule has 2 heterocycles. The molecule has 8 nitrogen and oxygen atoms in total. The number of non-ortho nitro benzene ring substituents is 2. The number of rotatable bonds is 6. The van der Waals surface area contributed by atoms with Crippen molar-refractivity contribution in [3.63, 3.8) is 0 Å². The molecular formula is C28H30F2N4O4Si. The summed E-state index contributed by atoms with van der Waals surface area (Å²) in [4.78, 5) is 25.1. The highest BCUT2D eigenvalue weighted by molar-refractivity contribution is 6.77. The van der Waals surface area contributed by atoms with E-state index in [1.165, 1.54) is 36.4 Å². The van der Waals surface area contributed by atoms with Crippen molar-refractivity contribution in [1.82, 2.24) is 0 Å². The van der Waals surface area contributed by atoms with Crippen LogP contribution in [0.25, 0.3) is 0 Å². The lowest BCUT2D eigenvalue weighted by Crippen LogP contribution is -2.43. The minimum atomic E-state index is -1.33. The van der Waals surface area contributed by atoms with E-state index in [9.17, 15) is 20.2 Å². The van der Waals surface area contributed by atoms with Crippen LogP contribution in [0.2, 0.25) is 25.2 Å². The molecule has 0 aromatic heterocycles. The topological polar surface area (TPSA) is 92.8 Å². The number of hydrogen-bond acceptors (Lipinski definition) is 6. The minimum Gasteiger partial charge on any atom is -0.367 e. The van der Waals surface area contributed by atoms with Gasteiger partial charge in [0.25, 0.3) is 11.4 Å². The minimum absolute atomic E-state index is 0.00113. The fourth-order valence-electron chi connectivity index (χ4n) is 5.80. The monoisotopic (exact) mass is 552 g/mol. The molecule has 3 aromatic carbocycles. The van der Waals surface area contributed by atoms with Crippen LogP contribution in [-0.4, -0.2) is 31.0 Å². The van der Waals surface area contributed by atoms with Gasteiger partial charge in [-0.2, -0.15) is 0 Å². The lowest BCUT2D eigenvalue weighted by atomic mass is 10.0. The first-order valence-electron chi connectivity index (χ1n) is 13.0. The number of anilines is 2. The van der Waals surface area contributed by atoms with Crippen molar-refractivity contribution in [1.29, 1.82) is 0 Å². The average molecular weight is 553 g/mol. The van der Waals surface area contributed by atoms with Crippen molar-refractivity contribution in [2.75, 3.05) is 22.9 Å². The summed E-state index contributed by atoms with van der Waals surface area (Å²) in [5.74, 6) is -1.24. The smallest absolute Gasteiger partial charge is 0.269 e. The summed E-state index contributed by atoms with van der Waals surface area (Å²) < 4.78 is 31.3. The van der Waals surface area contributed by atoms with Crippen LogP contribution in [0.1, 0.15) is 36.1 Å². The summed E-state index contributed by atoms with van der Waals surface area (Å²) in [6, 6.07) is 16.5. The molecule has 2 saturated heterocycles. The predicted molar refractivity (Wildman–Crippen MR) is 149 cm³/mol. The fraction of sp³-hybridized carbons (Fsp3) is 0.357. The van der Waals surface area contributed by atoms with E-state index in [1.807, 2.05) is 4.90 Å². The molecule has 2 aliphatic heterocycles. The van der Waals surface area contributed by atoms with Crippen molar-refractivity contribution in [3.05, 3.63) is 104 Å². The van der Waals surface area contributed by atoms with E-state index in [0.717, 1.165) is 23.2 Å². The molecule has 0 amide bonds. The number of nitrogens with zero attached hydrogens (tertiary/aromatic N) is 4. The van der Waals surface area contributed by atoms with E-state index in [1.54, 1.807) is 29.2 Å². The highest BCUT2D eigenvalue weighted by Gasteiger charge is 2.37. The number of benzene rings is 3. The number of hydrogen-bond donors (Lipinski definition) is 0. The van der Waals surface area contributed by atoms with Crippen LogP contribution in [0.5, 0.6) is 0 Å². The zero-order chi connectivity index (χ0) is 27.9. The molecule has 2 fully saturated rings. The Morgan fingerprint density at radius 3 is 1.56 bits per heavy atom. The Morgan fingerprint density at radius 2 is 1.18 bits per heavy atom. The predicted octanol–water partition coefficient (Wildman–Crippen LogP) is 7.39. The third kappa shape index (κ3) is 5.36. The van der Waals surface area contributed by atoms with Crippen molar-refractivity contribution < 1.29 is 18.6 Å². The summed E-state index contributed by atoms with van der Waals surface area (Å²) in [6.45, 7) is 5.86. The lowest BCUT2D eigenvalue weighted by Gasteiger charge is -2.38. The first kappa shape index (κ1) is 26.7. The summed E-state index contributed by atoms with van der Waals surface area (Å²) in [7, 11) is -1.33. The molecule has 0 radical (unpaired) electrons. The maximum absolute atomic E-state index is 15.6. The highest BCUT2D eigenvalue weighted by atomic mass is 28.3. The number of halogens is 2. The van der Waals surface area contributed by atoms with Gasteiger partial charge in [-0.3, -0.25) is 20.2 Å². The van der Waals surface area contributed by atoms with Crippen LogP contribution in [0, 0.1) is 31.9 Å². The van der Waals surface area contributed by atoms with Gasteiger partial charge in [0.15, 0.2) is 11.6 Å². The molecule has 2 atom stereocenters. The molecule has 0 aliphatic carbocycles. The Hall–Kier alpha value is -3.86. The van der Waals surface area contributed by atoms with Gasteiger partial charge in [0, 0.05) is 43.0 Å². The number of nitro groups is 2. The van der Waals surface area contributed by atoms with Crippen LogP contribution in [0.3, 0.4) is 0 Å². The van der Waals surface area contributed by atoms with Gasteiger partial charge in [0.1, 0.15) is 5.69 Å². The molecule has 2 aliphatic rings. The van der Waals surface area contributed by atoms with Crippen molar-refractivity contribution in [2.45, 2.75) is 50.1 Å². The molecule has 39 heavy (non-hydrogen) atoms. The molecule has 0 spiro atoms. The van der Waals surface area contributed by atoms with E-state index in [0.29, 0.717) is 31.6 Å². The molecule has 0 saturated carbocycles. The quantitative estimate of drug-likeness (QED) is 0.180. The van der Waals surface area contributed by atoms with Crippen molar-refractivity contribution in [2.24, 2.45) is 0 Å². The maximum Gasteiger partial charge on any atom is 0.269 e. The third-order valence-electron chi connectivity index (χ3n) is 8.10. The molecule has 0 bridgehead atoms. The maximum atomic E-state index is 15.6. The largest absolute Gasteiger partial charge is 0.367 e. The Morgan fingerprint density at radius 1 is 0.769 bits per heavy atom. The summed E-state index contributed by atoms with van der Waals surface area (Å²) in [5, 5.41) is 22.3. The second-order valence-electron chi connectivity index (χ2n) is 11.1. The second-order valence-corrected chi connectivity index (χ2v) is 16.5. The van der Waals surface area contributed by atoms with Gasteiger partial charge in [-0.15, -0.1) is 0 Å². The van der Waals surface area contributed by atoms with E-state index >= 15 is 8.78 Å². The molecule has 204 valence electrons. The highest BCUT2D eigenvalue weighted by Crippen LogP contribution is 2.48. The molecule has 11 heteroatoms. The van der Waals surface area contributed by atoms with E-state index in [-0.39, 0.29) is 29.1 Å². The van der Waals surface area contributed by atoms with E-state index < -0.39 is 29.6 Å². The molecule has 0 N–H and O–H groups in total. The van der Waals surface area contributed by atoms with Crippen LogP contribution < -0.4 is 9.80 Å². The average Bonchev–Trinajstić information content (AvgIpc) is 3.34. The number of nitro benzene ring substituents is 2. The first-order chi connectivity index (χ1) is 18.5. The Balaban J connectivity index is 1.53. The van der Waals surface area contributed by atoms with Gasteiger partial charge in [0.2, 0.25) is 0 Å². The van der Waals surface area contributed by atoms with Gasteiger partial charge in [-0.1, -0.05) is 37.4 Å². The van der Waals surface area contributed by atoms with Gasteiger partial charge in [-0.25, -0.2) is 8.78 Å². The van der Waals surface area contributed by atoms with Crippen molar-refractivity contribution >= 4 is 30.8 Å². The van der Waals surface area contributed by atoms with Crippen molar-refractivity contribution in [3.8, 4) is 0 Å². The first-order valence-corrected chi connectivity index (χ1v) is 16.5. The summed E-state index contributed by atoms with van der Waals surface area (Å²) in [6.07, 6.45) is 1.27. The summed E-state index contributed by atoms with van der Waals surface area (Å²) in [5.41, 5.74) is 1.87. The molecule has 3 aromatic rings. The van der Waals surface area contributed by atoms with Crippen LogP contribution in [-0.2, 0) is 0 Å². The van der Waals surface area contributed by atoms with Gasteiger partial charge in [0.05, 0.1) is 30.0 Å². The molecule has 5 rings (SSSR count). The van der Waals surface area contributed by atoms with Gasteiger partial charge >= 0.3 is 0 Å². The fourth-order valence-corrected chi connectivity index (χ4v) is 7.80. The van der Waals surface area contributed by atoms with Crippen LogP contribution in [0.4, 0.5) is 31.5 Å². The lowest BCUT2D eigenvalue weighted by molar-refractivity contribution is -0.385. The van der Waals surface area contributed by atoms with Gasteiger partial charge < -0.3 is 9.80 Å². The molecule has 0 unspecified atom stereocenters. The van der Waals surface area contributed by atoms with Gasteiger partial charge in [-0.05, 0) is 48.2 Å². The summed E-state index contributed by atoms with van der Waals surface area (Å²) >= 11 is 0. The zero-order valence-electron chi connectivity index (χ0n) is 21.8. The van der Waals surface area contributed by atoms with E-state index in [2.05, 4.69) is 13.1 Å². The Labute approximate surface area is 226 Å². The SMILES string of the molecule is C[Si]1(C)CCN(c2c(F)cc(N3[C@@H](c4ccc([N+](=O)[O-])cc4)CC[C@@H]3c3ccc([N+](=O)[O-])cc3)cc2F)CC1. The zero-order valence-corrected chi connectivity index (χ0v) is 22.8. The molecular weight excluding hydrogens is 522 g/mol. The van der Waals surface area contributed by atoms with Crippen LogP contribution in [0.15, 0.2) is 60.7 Å². The second kappa shape index (κ2) is 10.4. The van der Waals surface area contributed by atoms with E-state index in [4.69, 9.17) is 0 Å². The Kier molecular flexibility index (Phi) is 7.10. The standard InChI is InChI=1S/C28H30F2N4O4Si/c1-39(2)15-13-31(14-16-39)28-24(29)17-23(18-25(28)30)32-26(19-3-7-21(8-4-19)33(35)36)11-12-27(32)20-5-9-22(10-6-20)34(37)38/h3-10,17-18,26-27H,11-16H2,1-2H3/t26-,27-/m1/s1. The normalized spacial score (nSPS) is 20.7. The Bertz CT molecular complexity index is 1300.